The third kappa shape index (κ3) is 3.67. The molecular formula is C21H23ClN2O. The van der Waals surface area contributed by atoms with Crippen LogP contribution >= 0.6 is 11.6 Å². The molecule has 4 rings (SSSR count). The van der Waals surface area contributed by atoms with Gasteiger partial charge in [0, 0.05) is 30.3 Å². The van der Waals surface area contributed by atoms with E-state index in [1.54, 1.807) is 0 Å². The Bertz CT molecular complexity index is 755. The van der Waals surface area contributed by atoms with Crippen LogP contribution in [0.15, 0.2) is 48.5 Å². The number of fused-ring (bicyclic) bond motifs is 1. The van der Waals surface area contributed by atoms with E-state index in [0.717, 1.165) is 37.9 Å². The molecule has 0 saturated heterocycles. The summed E-state index contributed by atoms with van der Waals surface area (Å²) in [5.74, 6) is 0.592. The number of benzene rings is 2. The molecular weight excluding hydrogens is 332 g/mol. The quantitative estimate of drug-likeness (QED) is 0.850. The average Bonchev–Trinajstić information content (AvgIpc) is 3.37. The molecule has 1 fully saturated rings. The highest BCUT2D eigenvalue weighted by atomic mass is 35.5. The van der Waals surface area contributed by atoms with E-state index in [4.69, 9.17) is 11.6 Å². The Labute approximate surface area is 154 Å². The van der Waals surface area contributed by atoms with Crippen LogP contribution in [0.25, 0.3) is 0 Å². The smallest absolute Gasteiger partial charge is 0.227 e. The van der Waals surface area contributed by atoms with Crippen molar-refractivity contribution in [3.8, 4) is 0 Å². The second kappa shape index (κ2) is 7.09. The maximum Gasteiger partial charge on any atom is 0.227 e. The van der Waals surface area contributed by atoms with Gasteiger partial charge in [-0.05, 0) is 54.5 Å². The molecule has 25 heavy (non-hydrogen) atoms. The number of hydrogen-bond donors (Lipinski definition) is 1. The SMILES string of the molecule is O=C(NCCN1CCc2ccccc21)C(c1ccc(Cl)cc1)C1CC1. The highest BCUT2D eigenvalue weighted by Gasteiger charge is 2.37. The molecule has 3 nitrogen and oxygen atoms in total. The summed E-state index contributed by atoms with van der Waals surface area (Å²) in [5.41, 5.74) is 3.80. The summed E-state index contributed by atoms with van der Waals surface area (Å²) in [6, 6.07) is 16.3. The molecule has 0 aromatic heterocycles. The number of carbonyl (C=O) groups is 1. The van der Waals surface area contributed by atoms with Crippen molar-refractivity contribution in [3.05, 3.63) is 64.7 Å². The zero-order valence-corrected chi connectivity index (χ0v) is 15.0. The number of para-hydroxylation sites is 1. The standard InChI is InChI=1S/C21H23ClN2O/c22-18-9-7-17(8-10-18)20(16-5-6-16)21(25)23-12-14-24-13-11-15-3-1-2-4-19(15)24/h1-4,7-10,16,20H,5-6,11-14H2,(H,23,25). The van der Waals surface area contributed by atoms with Crippen molar-refractivity contribution < 1.29 is 4.79 Å². The van der Waals surface area contributed by atoms with Crippen molar-refractivity contribution in [3.63, 3.8) is 0 Å². The predicted octanol–water partition coefficient (Wildman–Crippen LogP) is 4.01. The van der Waals surface area contributed by atoms with Crippen molar-refractivity contribution >= 4 is 23.2 Å². The first-order valence-corrected chi connectivity index (χ1v) is 9.46. The second-order valence-electron chi connectivity index (χ2n) is 7.02. The fourth-order valence-electron chi connectivity index (χ4n) is 3.80. The molecule has 1 atom stereocenters. The minimum Gasteiger partial charge on any atom is -0.369 e. The minimum absolute atomic E-state index is 0.0388. The Balaban J connectivity index is 1.36. The number of rotatable bonds is 6. The van der Waals surface area contributed by atoms with Gasteiger partial charge in [-0.2, -0.15) is 0 Å². The van der Waals surface area contributed by atoms with Crippen LogP contribution in [0.2, 0.25) is 5.02 Å². The summed E-state index contributed by atoms with van der Waals surface area (Å²) in [6.45, 7) is 2.59. The van der Waals surface area contributed by atoms with Gasteiger partial charge in [0.05, 0.1) is 5.92 Å². The van der Waals surface area contributed by atoms with Gasteiger partial charge in [-0.3, -0.25) is 4.79 Å². The first-order valence-electron chi connectivity index (χ1n) is 9.08. The Morgan fingerprint density at radius 2 is 1.92 bits per heavy atom. The third-order valence-corrected chi connectivity index (χ3v) is 5.52. The monoisotopic (exact) mass is 354 g/mol. The Morgan fingerprint density at radius 1 is 1.16 bits per heavy atom. The lowest BCUT2D eigenvalue weighted by Crippen LogP contribution is -2.37. The van der Waals surface area contributed by atoms with Crippen LogP contribution in [-0.2, 0) is 11.2 Å². The molecule has 0 spiro atoms. The maximum absolute atomic E-state index is 12.8. The predicted molar refractivity (Wildman–Crippen MR) is 102 cm³/mol. The van der Waals surface area contributed by atoms with Crippen LogP contribution in [0.4, 0.5) is 5.69 Å². The van der Waals surface area contributed by atoms with E-state index in [1.165, 1.54) is 11.3 Å². The fraction of sp³-hybridized carbons (Fsp3) is 0.381. The molecule has 1 heterocycles. The van der Waals surface area contributed by atoms with Gasteiger partial charge < -0.3 is 10.2 Å². The number of nitrogens with one attached hydrogen (secondary N) is 1. The summed E-state index contributed by atoms with van der Waals surface area (Å²) >= 11 is 5.98. The van der Waals surface area contributed by atoms with Crippen molar-refractivity contribution in [1.82, 2.24) is 5.32 Å². The average molecular weight is 355 g/mol. The van der Waals surface area contributed by atoms with Crippen molar-refractivity contribution in [1.29, 1.82) is 0 Å². The Hall–Kier alpha value is -2.00. The lowest BCUT2D eigenvalue weighted by atomic mass is 9.93. The van der Waals surface area contributed by atoms with E-state index < -0.39 is 0 Å². The van der Waals surface area contributed by atoms with Crippen LogP contribution in [0, 0.1) is 5.92 Å². The zero-order valence-electron chi connectivity index (χ0n) is 14.2. The van der Waals surface area contributed by atoms with Crippen LogP contribution < -0.4 is 10.2 Å². The fourth-order valence-corrected chi connectivity index (χ4v) is 3.93. The van der Waals surface area contributed by atoms with Gasteiger partial charge in [0.15, 0.2) is 0 Å². The van der Waals surface area contributed by atoms with Gasteiger partial charge in [-0.25, -0.2) is 0 Å². The van der Waals surface area contributed by atoms with E-state index in [0.29, 0.717) is 17.5 Å². The van der Waals surface area contributed by atoms with E-state index in [9.17, 15) is 4.79 Å². The molecule has 1 aliphatic carbocycles. The van der Waals surface area contributed by atoms with Gasteiger partial charge in [-0.1, -0.05) is 41.9 Å². The molecule has 2 aromatic carbocycles. The van der Waals surface area contributed by atoms with Crippen molar-refractivity contribution in [2.45, 2.75) is 25.2 Å². The highest BCUT2D eigenvalue weighted by Crippen LogP contribution is 2.43. The number of anilines is 1. The first-order chi connectivity index (χ1) is 12.2. The second-order valence-corrected chi connectivity index (χ2v) is 7.46. The van der Waals surface area contributed by atoms with E-state index in [1.807, 2.05) is 24.3 Å². The molecule has 1 amide bonds. The molecule has 0 bridgehead atoms. The summed E-state index contributed by atoms with van der Waals surface area (Å²) in [4.78, 5) is 15.1. The zero-order chi connectivity index (χ0) is 17.2. The van der Waals surface area contributed by atoms with Crippen LogP contribution in [0.3, 0.4) is 0 Å². The topological polar surface area (TPSA) is 32.3 Å². The molecule has 1 N–H and O–H groups in total. The van der Waals surface area contributed by atoms with Crippen molar-refractivity contribution in [2.24, 2.45) is 5.92 Å². The summed E-state index contributed by atoms with van der Waals surface area (Å²) in [5, 5.41) is 3.88. The Kier molecular flexibility index (Phi) is 4.67. The van der Waals surface area contributed by atoms with E-state index >= 15 is 0 Å². The van der Waals surface area contributed by atoms with Crippen LogP contribution in [0.5, 0.6) is 0 Å². The van der Waals surface area contributed by atoms with Gasteiger partial charge in [0.1, 0.15) is 0 Å². The molecule has 0 radical (unpaired) electrons. The van der Waals surface area contributed by atoms with E-state index in [2.05, 4.69) is 34.5 Å². The number of carbonyl (C=O) groups excluding carboxylic acids is 1. The molecule has 1 saturated carbocycles. The minimum atomic E-state index is -0.0388. The normalized spacial score (nSPS) is 17.2. The molecule has 1 aliphatic heterocycles. The molecule has 2 aliphatic rings. The lowest BCUT2D eigenvalue weighted by molar-refractivity contribution is -0.122. The lowest BCUT2D eigenvalue weighted by Gasteiger charge is -2.21. The maximum atomic E-state index is 12.8. The summed E-state index contributed by atoms with van der Waals surface area (Å²) in [7, 11) is 0. The molecule has 2 aromatic rings. The van der Waals surface area contributed by atoms with Crippen LogP contribution in [-0.4, -0.2) is 25.5 Å². The van der Waals surface area contributed by atoms with Crippen LogP contribution in [0.1, 0.15) is 29.9 Å². The highest BCUT2D eigenvalue weighted by molar-refractivity contribution is 6.30. The van der Waals surface area contributed by atoms with Crippen molar-refractivity contribution in [2.75, 3.05) is 24.5 Å². The first kappa shape index (κ1) is 16.5. The largest absolute Gasteiger partial charge is 0.369 e. The summed E-state index contributed by atoms with van der Waals surface area (Å²) in [6.07, 6.45) is 3.38. The third-order valence-electron chi connectivity index (χ3n) is 5.27. The van der Waals surface area contributed by atoms with Gasteiger partial charge in [0.2, 0.25) is 5.91 Å². The molecule has 4 heteroatoms. The molecule has 130 valence electrons. The van der Waals surface area contributed by atoms with Gasteiger partial charge in [0.25, 0.3) is 0 Å². The number of nitrogens with zero attached hydrogens (tertiary/aromatic N) is 1. The summed E-state index contributed by atoms with van der Waals surface area (Å²) < 4.78 is 0. The number of hydrogen-bond acceptors (Lipinski definition) is 2. The Morgan fingerprint density at radius 3 is 2.68 bits per heavy atom. The number of halogens is 1. The van der Waals surface area contributed by atoms with Gasteiger partial charge >= 0.3 is 0 Å². The number of amides is 1. The molecule has 1 unspecified atom stereocenters. The van der Waals surface area contributed by atoms with Gasteiger partial charge in [-0.15, -0.1) is 0 Å². The van der Waals surface area contributed by atoms with E-state index in [-0.39, 0.29) is 11.8 Å².